The molecule has 28 heavy (non-hydrogen) atoms. The van der Waals surface area contributed by atoms with Gasteiger partial charge in [0.2, 0.25) is 0 Å². The molecular weight excluding hydrogens is 360 g/mol. The van der Waals surface area contributed by atoms with Gasteiger partial charge in [-0.15, -0.1) is 0 Å². The number of hydrogen-bond acceptors (Lipinski definition) is 6. The number of fused-ring (bicyclic) bond motifs is 1. The maximum atomic E-state index is 13.0. The van der Waals surface area contributed by atoms with Crippen LogP contribution in [0.3, 0.4) is 0 Å². The van der Waals surface area contributed by atoms with Crippen molar-refractivity contribution in [3.8, 4) is 11.5 Å². The van der Waals surface area contributed by atoms with Crippen LogP contribution in [0.5, 0.6) is 11.5 Å². The first-order valence-electron chi connectivity index (χ1n) is 9.24. The number of H-pyrrole nitrogens is 1. The average Bonchev–Trinajstić information content (AvgIpc) is 3.00. The smallest absolute Gasteiger partial charge is 0.339 e. The Morgan fingerprint density at radius 1 is 1.21 bits per heavy atom. The van der Waals surface area contributed by atoms with Crippen LogP contribution in [-0.2, 0) is 11.3 Å². The minimum absolute atomic E-state index is 0.0733. The zero-order chi connectivity index (χ0) is 20.4. The van der Waals surface area contributed by atoms with Crippen molar-refractivity contribution >= 4 is 11.8 Å². The molecule has 1 aromatic heterocycles. The van der Waals surface area contributed by atoms with Gasteiger partial charge in [0.1, 0.15) is 13.2 Å². The molecule has 3 rings (SSSR count). The van der Waals surface area contributed by atoms with Crippen LogP contribution < -0.4 is 9.47 Å². The van der Waals surface area contributed by atoms with Crippen molar-refractivity contribution in [2.24, 2.45) is 0 Å². The summed E-state index contributed by atoms with van der Waals surface area (Å²) in [5.41, 5.74) is 3.15. The molecule has 0 amide bonds. The third-order valence-electron chi connectivity index (χ3n) is 5.15. The van der Waals surface area contributed by atoms with Crippen LogP contribution >= 0.6 is 0 Å². The summed E-state index contributed by atoms with van der Waals surface area (Å²) in [7, 11) is 3.23. The number of hydrogen-bond donors (Lipinski definition) is 1. The second-order valence-corrected chi connectivity index (χ2v) is 7.05. The van der Waals surface area contributed by atoms with Gasteiger partial charge in [0, 0.05) is 12.2 Å². The van der Waals surface area contributed by atoms with E-state index in [1.54, 1.807) is 13.8 Å². The predicted octanol–water partition coefficient (Wildman–Crippen LogP) is 2.89. The van der Waals surface area contributed by atoms with Crippen LogP contribution in [0.15, 0.2) is 18.2 Å². The highest BCUT2D eigenvalue weighted by atomic mass is 16.6. The molecule has 0 saturated carbocycles. The number of carbonyl (C=O) groups is 2. The number of benzene rings is 1. The lowest BCUT2D eigenvalue weighted by Crippen LogP contribution is -2.36. The monoisotopic (exact) mass is 386 g/mol. The van der Waals surface area contributed by atoms with Gasteiger partial charge in [-0.1, -0.05) is 6.07 Å². The van der Waals surface area contributed by atoms with Crippen molar-refractivity contribution in [2.45, 2.75) is 33.4 Å². The number of carbonyl (C=O) groups excluding carboxylic acids is 2. The molecule has 1 aromatic carbocycles. The first-order valence-corrected chi connectivity index (χ1v) is 9.24. The highest BCUT2D eigenvalue weighted by Crippen LogP contribution is 2.31. The fourth-order valence-corrected chi connectivity index (χ4v) is 3.42. The number of ether oxygens (including phenoxy) is 3. The van der Waals surface area contributed by atoms with Crippen molar-refractivity contribution in [1.82, 2.24) is 9.88 Å². The lowest BCUT2D eigenvalue weighted by atomic mass is 10.0. The van der Waals surface area contributed by atoms with E-state index in [0.29, 0.717) is 42.3 Å². The second-order valence-electron chi connectivity index (χ2n) is 7.05. The van der Waals surface area contributed by atoms with E-state index in [9.17, 15) is 9.59 Å². The molecule has 0 fully saturated rings. The molecule has 0 saturated heterocycles. The van der Waals surface area contributed by atoms with E-state index >= 15 is 0 Å². The maximum absolute atomic E-state index is 13.0. The summed E-state index contributed by atoms with van der Waals surface area (Å²) in [6.45, 7) is 7.05. The fraction of sp³-hybridized carbons (Fsp3) is 0.429. The Morgan fingerprint density at radius 2 is 1.89 bits per heavy atom. The Kier molecular flexibility index (Phi) is 5.74. The second kappa shape index (κ2) is 8.06. The molecular formula is C21H26N2O5. The van der Waals surface area contributed by atoms with Crippen LogP contribution in [0.25, 0.3) is 0 Å². The molecule has 0 unspecified atom stereocenters. The van der Waals surface area contributed by atoms with Crippen LogP contribution in [0.4, 0.5) is 0 Å². The maximum Gasteiger partial charge on any atom is 0.339 e. The summed E-state index contributed by atoms with van der Waals surface area (Å²) >= 11 is 0. The Labute approximate surface area is 164 Å². The van der Waals surface area contributed by atoms with E-state index in [0.717, 1.165) is 17.1 Å². The molecule has 1 N–H and O–H groups in total. The molecule has 1 aliphatic rings. The fourth-order valence-electron chi connectivity index (χ4n) is 3.42. The summed E-state index contributed by atoms with van der Waals surface area (Å²) in [4.78, 5) is 30.0. The Bertz CT molecular complexity index is 902. The van der Waals surface area contributed by atoms with E-state index < -0.39 is 5.97 Å². The molecule has 1 aliphatic heterocycles. The Balaban J connectivity index is 1.75. The number of nitrogens with one attached hydrogen (secondary N) is 1. The van der Waals surface area contributed by atoms with E-state index in [1.807, 2.05) is 37.1 Å². The summed E-state index contributed by atoms with van der Waals surface area (Å²) in [5.74, 6) is 0.961. The number of methoxy groups -OCH3 is 1. The first kappa shape index (κ1) is 19.9. The quantitative estimate of drug-likeness (QED) is 0.607. The number of Topliss-reactive ketones (excluding diaryl/α,β-unsaturated/α-hetero) is 1. The van der Waals surface area contributed by atoms with Gasteiger partial charge in [-0.3, -0.25) is 9.69 Å². The number of aryl methyl sites for hydroxylation is 1. The average molecular weight is 386 g/mol. The molecule has 0 radical (unpaired) electrons. The van der Waals surface area contributed by atoms with Gasteiger partial charge in [0.05, 0.1) is 24.4 Å². The summed E-state index contributed by atoms with van der Waals surface area (Å²) in [6, 6.07) is 5.43. The predicted molar refractivity (Wildman–Crippen MR) is 104 cm³/mol. The van der Waals surface area contributed by atoms with Gasteiger partial charge < -0.3 is 19.2 Å². The van der Waals surface area contributed by atoms with E-state index in [1.165, 1.54) is 7.11 Å². The number of nitrogens with zero attached hydrogens (tertiary/aromatic N) is 1. The minimum Gasteiger partial charge on any atom is -0.486 e. The molecule has 7 nitrogen and oxygen atoms in total. The number of likely N-dealkylation sites (N-methyl/N-ethyl adjacent to an activating group) is 1. The molecule has 1 atom stereocenters. The highest BCUT2D eigenvalue weighted by molar-refractivity contribution is 6.03. The number of rotatable bonds is 6. The van der Waals surface area contributed by atoms with Crippen molar-refractivity contribution in [3.63, 3.8) is 0 Å². The third kappa shape index (κ3) is 3.75. The summed E-state index contributed by atoms with van der Waals surface area (Å²) < 4.78 is 16.0. The van der Waals surface area contributed by atoms with E-state index in [2.05, 4.69) is 4.98 Å². The van der Waals surface area contributed by atoms with Gasteiger partial charge in [0.25, 0.3) is 0 Å². The first-order chi connectivity index (χ1) is 13.3. The summed E-state index contributed by atoms with van der Waals surface area (Å²) in [6.07, 6.45) is 0. The van der Waals surface area contributed by atoms with Crippen LogP contribution in [0.2, 0.25) is 0 Å². The third-order valence-corrected chi connectivity index (χ3v) is 5.15. The lowest BCUT2D eigenvalue weighted by Gasteiger charge is -2.25. The zero-order valence-electron chi connectivity index (χ0n) is 16.9. The number of ketones is 1. The lowest BCUT2D eigenvalue weighted by molar-refractivity contribution is 0.0599. The number of aromatic nitrogens is 1. The molecule has 2 aromatic rings. The van der Waals surface area contributed by atoms with Crippen molar-refractivity contribution in [2.75, 3.05) is 27.4 Å². The van der Waals surface area contributed by atoms with Crippen molar-refractivity contribution in [3.05, 3.63) is 46.3 Å². The van der Waals surface area contributed by atoms with Crippen LogP contribution in [-0.4, -0.2) is 55.0 Å². The standard InChI is InChI=1S/C21H26N2O5/c1-12-18(21(25)26-5)13(2)22-19(12)20(24)14(3)23(4)11-15-6-7-16-17(10-15)28-9-8-27-16/h6-7,10,14,22H,8-9,11H2,1-5H3/t14-/m1/s1. The summed E-state index contributed by atoms with van der Waals surface area (Å²) in [5, 5.41) is 0. The topological polar surface area (TPSA) is 80.9 Å². The van der Waals surface area contributed by atoms with Gasteiger partial charge in [-0.05, 0) is 51.1 Å². The largest absolute Gasteiger partial charge is 0.486 e. The highest BCUT2D eigenvalue weighted by Gasteiger charge is 2.27. The molecule has 150 valence electrons. The minimum atomic E-state index is -0.442. The van der Waals surface area contributed by atoms with Crippen LogP contribution in [0, 0.1) is 13.8 Å². The number of esters is 1. The SMILES string of the molecule is COC(=O)c1c(C)[nH]c(C(=O)[C@@H](C)N(C)Cc2ccc3c(c2)OCCO3)c1C. The number of aromatic amines is 1. The van der Waals surface area contributed by atoms with Crippen molar-refractivity contribution < 1.29 is 23.8 Å². The van der Waals surface area contributed by atoms with Gasteiger partial charge >= 0.3 is 5.97 Å². The van der Waals surface area contributed by atoms with Crippen LogP contribution in [0.1, 0.15) is 44.6 Å². The molecule has 0 aliphatic carbocycles. The van der Waals surface area contributed by atoms with Gasteiger partial charge in [0.15, 0.2) is 17.3 Å². The van der Waals surface area contributed by atoms with Crippen molar-refractivity contribution in [1.29, 1.82) is 0 Å². The zero-order valence-corrected chi connectivity index (χ0v) is 16.9. The van der Waals surface area contributed by atoms with E-state index in [4.69, 9.17) is 14.2 Å². The Hall–Kier alpha value is -2.80. The molecule has 2 heterocycles. The normalized spacial score (nSPS) is 14.1. The van der Waals surface area contributed by atoms with Gasteiger partial charge in [-0.25, -0.2) is 4.79 Å². The Morgan fingerprint density at radius 3 is 2.57 bits per heavy atom. The van der Waals surface area contributed by atoms with Gasteiger partial charge in [-0.2, -0.15) is 0 Å². The van der Waals surface area contributed by atoms with E-state index in [-0.39, 0.29) is 11.8 Å². The molecule has 7 heteroatoms. The molecule has 0 spiro atoms. The molecule has 0 bridgehead atoms.